The van der Waals surface area contributed by atoms with E-state index in [1.165, 1.54) is 0 Å². The van der Waals surface area contributed by atoms with Gasteiger partial charge in [-0.2, -0.15) is 0 Å². The number of hydrogen-bond donors (Lipinski definition) is 1. The van der Waals surface area contributed by atoms with Crippen LogP contribution in [0, 0.1) is 0 Å². The molecule has 0 spiro atoms. The van der Waals surface area contributed by atoms with Crippen molar-refractivity contribution in [2.75, 3.05) is 19.4 Å². The van der Waals surface area contributed by atoms with Crippen LogP contribution in [0.15, 0.2) is 59.8 Å². The maximum atomic E-state index is 13.2. The minimum atomic E-state index is -0.307. The second-order valence-corrected chi connectivity index (χ2v) is 7.60. The minimum Gasteiger partial charge on any atom is -0.340 e. The third-order valence-corrected chi connectivity index (χ3v) is 5.74. The molecule has 1 aliphatic rings. The molecule has 1 aliphatic heterocycles. The number of hydrogen-bond acceptors (Lipinski definition) is 2. The first-order valence-corrected chi connectivity index (χ1v) is 9.49. The Morgan fingerprint density at radius 2 is 1.52 bits per heavy atom. The van der Waals surface area contributed by atoms with Crippen molar-refractivity contribution in [3.8, 4) is 0 Å². The summed E-state index contributed by atoms with van der Waals surface area (Å²) in [4.78, 5) is 17.0. The molecule has 3 rings (SSSR count). The molecule has 2 aromatic rings. The normalized spacial score (nSPS) is 17.4. The summed E-state index contributed by atoms with van der Waals surface area (Å²) < 4.78 is 0. The van der Waals surface area contributed by atoms with Gasteiger partial charge in [0.05, 0.1) is 11.6 Å². The van der Waals surface area contributed by atoms with Crippen molar-refractivity contribution >= 4 is 52.1 Å². The molecule has 0 saturated heterocycles. The molecule has 1 amide bonds. The first kappa shape index (κ1) is 19.7. The Morgan fingerprint density at radius 3 is 2.07 bits per heavy atom. The van der Waals surface area contributed by atoms with E-state index in [1.54, 1.807) is 24.3 Å². The minimum absolute atomic E-state index is 0.184. The lowest BCUT2D eigenvalue weighted by molar-refractivity contribution is -0.113. The molecule has 0 aromatic heterocycles. The van der Waals surface area contributed by atoms with Crippen LogP contribution in [0.5, 0.6) is 0 Å². The predicted octanol–water partition coefficient (Wildman–Crippen LogP) is 5.11. The number of carbonyl (C=O) groups excluding carboxylic acids is 1. The SMILES string of the molecule is CC1=C(C(=O)Nc2ccc(Cl)cc2)[C@@H](c2ccc(Cl)cc2)N(C)C(=S)N1C. The van der Waals surface area contributed by atoms with Crippen LogP contribution in [0.3, 0.4) is 0 Å². The van der Waals surface area contributed by atoms with Gasteiger partial charge < -0.3 is 15.1 Å². The van der Waals surface area contributed by atoms with Crippen LogP contribution in [0.4, 0.5) is 5.69 Å². The fraction of sp³-hybridized carbons (Fsp3) is 0.200. The molecule has 0 fully saturated rings. The fourth-order valence-electron chi connectivity index (χ4n) is 3.12. The fourth-order valence-corrected chi connectivity index (χ4v) is 3.61. The van der Waals surface area contributed by atoms with Gasteiger partial charge >= 0.3 is 0 Å². The molecule has 7 heteroatoms. The van der Waals surface area contributed by atoms with E-state index < -0.39 is 0 Å². The van der Waals surface area contributed by atoms with Gasteiger partial charge in [-0.3, -0.25) is 4.79 Å². The molecule has 27 heavy (non-hydrogen) atoms. The molecule has 1 heterocycles. The highest BCUT2D eigenvalue weighted by molar-refractivity contribution is 7.80. The van der Waals surface area contributed by atoms with E-state index in [0.717, 1.165) is 11.3 Å². The molecule has 0 aliphatic carbocycles. The van der Waals surface area contributed by atoms with Crippen LogP contribution in [0.2, 0.25) is 10.0 Å². The van der Waals surface area contributed by atoms with Gasteiger partial charge in [-0.15, -0.1) is 0 Å². The Morgan fingerprint density at radius 1 is 1.00 bits per heavy atom. The van der Waals surface area contributed by atoms with Gasteiger partial charge in [0.2, 0.25) is 0 Å². The molecule has 0 unspecified atom stereocenters. The van der Waals surface area contributed by atoms with Gasteiger partial charge in [0.1, 0.15) is 0 Å². The second-order valence-electron chi connectivity index (χ2n) is 6.37. The van der Waals surface area contributed by atoms with Gasteiger partial charge in [-0.1, -0.05) is 35.3 Å². The van der Waals surface area contributed by atoms with Crippen molar-refractivity contribution in [2.45, 2.75) is 13.0 Å². The third-order valence-electron chi connectivity index (χ3n) is 4.67. The van der Waals surface area contributed by atoms with Crippen LogP contribution in [-0.2, 0) is 4.79 Å². The summed E-state index contributed by atoms with van der Waals surface area (Å²) in [6.45, 7) is 1.90. The number of nitrogens with zero attached hydrogens (tertiary/aromatic N) is 2. The van der Waals surface area contributed by atoms with Crippen molar-refractivity contribution in [2.24, 2.45) is 0 Å². The number of benzene rings is 2. The number of amides is 1. The quantitative estimate of drug-likeness (QED) is 0.701. The molecular weight excluding hydrogens is 401 g/mol. The molecule has 140 valence electrons. The van der Waals surface area contributed by atoms with Crippen molar-refractivity contribution in [3.63, 3.8) is 0 Å². The lowest BCUT2D eigenvalue weighted by Crippen LogP contribution is -2.47. The maximum absolute atomic E-state index is 13.2. The summed E-state index contributed by atoms with van der Waals surface area (Å²) >= 11 is 17.5. The average molecular weight is 420 g/mol. The molecule has 0 saturated carbocycles. The van der Waals surface area contributed by atoms with E-state index in [1.807, 2.05) is 55.1 Å². The second kappa shape index (κ2) is 7.89. The Labute approximate surface area is 174 Å². The summed E-state index contributed by atoms with van der Waals surface area (Å²) in [6.07, 6.45) is 0. The zero-order valence-corrected chi connectivity index (χ0v) is 17.5. The van der Waals surface area contributed by atoms with Crippen LogP contribution >= 0.6 is 35.4 Å². The highest BCUT2D eigenvalue weighted by atomic mass is 35.5. The Hall–Kier alpha value is -2.08. The van der Waals surface area contributed by atoms with E-state index in [9.17, 15) is 4.79 Å². The van der Waals surface area contributed by atoms with Crippen LogP contribution in [-0.4, -0.2) is 34.9 Å². The van der Waals surface area contributed by atoms with Gasteiger partial charge in [-0.25, -0.2) is 0 Å². The van der Waals surface area contributed by atoms with Crippen molar-refractivity contribution in [1.82, 2.24) is 9.80 Å². The zero-order chi connectivity index (χ0) is 19.7. The standard InChI is InChI=1S/C20H19Cl2N3OS/c1-12-17(19(26)23-16-10-8-15(22)9-11-16)18(25(3)20(27)24(12)2)13-4-6-14(21)7-5-13/h4-11,18H,1-3H3,(H,23,26)/t18-/m1/s1. The van der Waals surface area contributed by atoms with Crippen molar-refractivity contribution in [1.29, 1.82) is 0 Å². The predicted molar refractivity (Wildman–Crippen MR) is 115 cm³/mol. The Bertz CT molecular complexity index is 910. The summed E-state index contributed by atoms with van der Waals surface area (Å²) in [6, 6.07) is 14.2. The number of likely N-dealkylation sites (N-methyl/N-ethyl adjacent to an activating group) is 1. The summed E-state index contributed by atoms with van der Waals surface area (Å²) in [5, 5.41) is 4.87. The van der Waals surface area contributed by atoms with Crippen molar-refractivity contribution < 1.29 is 4.79 Å². The van der Waals surface area contributed by atoms with Gasteiger partial charge in [-0.05, 0) is 61.1 Å². The van der Waals surface area contributed by atoms with E-state index in [2.05, 4.69) is 5.32 Å². The smallest absolute Gasteiger partial charge is 0.255 e. The van der Waals surface area contributed by atoms with Crippen LogP contribution in [0.1, 0.15) is 18.5 Å². The van der Waals surface area contributed by atoms with Gasteiger partial charge in [0, 0.05) is 35.5 Å². The Kier molecular flexibility index (Phi) is 5.75. The molecular formula is C20H19Cl2N3OS. The summed E-state index contributed by atoms with van der Waals surface area (Å²) in [5.74, 6) is -0.184. The van der Waals surface area contributed by atoms with Gasteiger partial charge in [0.25, 0.3) is 5.91 Å². The molecule has 4 nitrogen and oxygen atoms in total. The lowest BCUT2D eigenvalue weighted by Gasteiger charge is -2.42. The average Bonchev–Trinajstić information content (AvgIpc) is 2.65. The highest BCUT2D eigenvalue weighted by Crippen LogP contribution is 2.36. The number of allylic oxidation sites excluding steroid dienone is 1. The van der Waals surface area contributed by atoms with Gasteiger partial charge in [0.15, 0.2) is 5.11 Å². The molecule has 2 aromatic carbocycles. The molecule has 1 atom stereocenters. The van der Waals surface area contributed by atoms with Crippen LogP contribution in [0.25, 0.3) is 0 Å². The monoisotopic (exact) mass is 419 g/mol. The number of anilines is 1. The first-order valence-electron chi connectivity index (χ1n) is 8.33. The summed E-state index contributed by atoms with van der Waals surface area (Å²) in [7, 11) is 3.75. The first-order chi connectivity index (χ1) is 12.8. The van der Waals surface area contributed by atoms with E-state index in [4.69, 9.17) is 35.4 Å². The third kappa shape index (κ3) is 3.95. The largest absolute Gasteiger partial charge is 0.340 e. The van der Waals surface area contributed by atoms with E-state index >= 15 is 0 Å². The van der Waals surface area contributed by atoms with E-state index in [-0.39, 0.29) is 11.9 Å². The topological polar surface area (TPSA) is 35.6 Å². The highest BCUT2D eigenvalue weighted by Gasteiger charge is 2.36. The molecule has 0 bridgehead atoms. The van der Waals surface area contributed by atoms with Crippen LogP contribution < -0.4 is 5.32 Å². The lowest BCUT2D eigenvalue weighted by atomic mass is 9.93. The number of halogens is 2. The molecule has 0 radical (unpaired) electrons. The molecule has 1 N–H and O–H groups in total. The van der Waals surface area contributed by atoms with Crippen molar-refractivity contribution in [3.05, 3.63) is 75.4 Å². The number of thiocarbonyl (C=S) groups is 1. The maximum Gasteiger partial charge on any atom is 0.255 e. The van der Waals surface area contributed by atoms with E-state index in [0.29, 0.717) is 26.4 Å². The number of carbonyl (C=O) groups is 1. The number of nitrogens with one attached hydrogen (secondary N) is 1. The Balaban J connectivity index is 2.03. The summed E-state index contributed by atoms with van der Waals surface area (Å²) in [5.41, 5.74) is 3.06. The number of rotatable bonds is 3. The zero-order valence-electron chi connectivity index (χ0n) is 15.2.